The zero-order valence-electron chi connectivity index (χ0n) is 9.78. The smallest absolute Gasteiger partial charge is 0.0594 e. The van der Waals surface area contributed by atoms with Crippen molar-refractivity contribution in [3.8, 4) is 0 Å². The van der Waals surface area contributed by atoms with Gasteiger partial charge in [0.1, 0.15) is 0 Å². The van der Waals surface area contributed by atoms with Crippen molar-refractivity contribution in [2.75, 3.05) is 51.8 Å². The molecule has 0 N–H and O–H groups in total. The molecule has 2 rings (SSSR count). The van der Waals surface area contributed by atoms with E-state index in [1.54, 1.807) is 0 Å². The van der Waals surface area contributed by atoms with Crippen LogP contribution in [0.2, 0.25) is 0 Å². The van der Waals surface area contributed by atoms with Gasteiger partial charge in [-0.05, 0) is 6.42 Å². The number of ether oxygens (including phenoxy) is 1. The first-order chi connectivity index (χ1) is 7.90. The molecular formula is C12H21ClN2O. The largest absolute Gasteiger partial charge is 0.379 e. The lowest BCUT2D eigenvalue weighted by atomic mass is 10.2. The van der Waals surface area contributed by atoms with E-state index in [2.05, 4.69) is 15.9 Å². The average Bonchev–Trinajstić information content (AvgIpc) is 2.79. The molecule has 0 amide bonds. The monoisotopic (exact) mass is 244 g/mol. The molecule has 3 nitrogen and oxygen atoms in total. The fourth-order valence-electron chi connectivity index (χ4n) is 2.51. The van der Waals surface area contributed by atoms with Crippen molar-refractivity contribution in [3.05, 3.63) is 12.2 Å². The second-order valence-corrected chi connectivity index (χ2v) is 4.78. The predicted molar refractivity (Wildman–Crippen MR) is 67.1 cm³/mol. The second-order valence-electron chi connectivity index (χ2n) is 4.48. The summed E-state index contributed by atoms with van der Waals surface area (Å²) in [5.74, 6) is 0.626. The third kappa shape index (κ3) is 3.45. The third-order valence-corrected chi connectivity index (χ3v) is 3.61. The van der Waals surface area contributed by atoms with Crippen molar-refractivity contribution in [1.29, 1.82) is 0 Å². The van der Waals surface area contributed by atoms with Gasteiger partial charge in [-0.3, -0.25) is 9.80 Å². The van der Waals surface area contributed by atoms with Crippen LogP contribution in [-0.2, 0) is 4.74 Å². The van der Waals surface area contributed by atoms with E-state index in [0.29, 0.717) is 5.88 Å². The van der Waals surface area contributed by atoms with Gasteiger partial charge in [-0.15, -0.1) is 11.6 Å². The zero-order valence-corrected chi connectivity index (χ0v) is 10.5. The summed E-state index contributed by atoms with van der Waals surface area (Å²) in [6.45, 7) is 7.49. The average molecular weight is 245 g/mol. The summed E-state index contributed by atoms with van der Waals surface area (Å²) in [5.41, 5.74) is 0. The van der Waals surface area contributed by atoms with Crippen LogP contribution < -0.4 is 0 Å². The van der Waals surface area contributed by atoms with Crippen LogP contribution in [0.1, 0.15) is 6.42 Å². The molecule has 0 aliphatic carbocycles. The molecule has 2 aliphatic rings. The molecule has 2 fully saturated rings. The minimum absolute atomic E-state index is 0.626. The lowest BCUT2D eigenvalue weighted by molar-refractivity contribution is 0.0187. The standard InChI is InChI=1S/C12H21ClN2O/c13-4-1-2-5-14-6-3-12(11-14)15-7-9-16-10-8-15/h1-2,12H,3-11H2. The Balaban J connectivity index is 1.72. The van der Waals surface area contributed by atoms with Crippen molar-refractivity contribution < 1.29 is 4.74 Å². The lowest BCUT2D eigenvalue weighted by Crippen LogP contribution is -2.44. The van der Waals surface area contributed by atoms with Crippen LogP contribution in [0.3, 0.4) is 0 Å². The maximum absolute atomic E-state index is 5.61. The van der Waals surface area contributed by atoms with Crippen molar-refractivity contribution in [2.24, 2.45) is 0 Å². The highest BCUT2D eigenvalue weighted by Crippen LogP contribution is 2.16. The Morgan fingerprint density at radius 2 is 2.00 bits per heavy atom. The maximum atomic E-state index is 5.61. The van der Waals surface area contributed by atoms with Crippen LogP contribution >= 0.6 is 11.6 Å². The molecule has 1 unspecified atom stereocenters. The van der Waals surface area contributed by atoms with Gasteiger partial charge in [0.25, 0.3) is 0 Å². The Labute approximate surface area is 103 Å². The van der Waals surface area contributed by atoms with Crippen LogP contribution in [0.15, 0.2) is 12.2 Å². The zero-order chi connectivity index (χ0) is 11.2. The molecule has 2 heterocycles. The lowest BCUT2D eigenvalue weighted by Gasteiger charge is -2.32. The van der Waals surface area contributed by atoms with Gasteiger partial charge >= 0.3 is 0 Å². The molecule has 0 radical (unpaired) electrons. The van der Waals surface area contributed by atoms with Crippen LogP contribution in [0, 0.1) is 0 Å². The molecule has 1 atom stereocenters. The molecule has 0 aromatic carbocycles. The fraction of sp³-hybridized carbons (Fsp3) is 0.833. The number of alkyl halides is 1. The summed E-state index contributed by atoms with van der Waals surface area (Å²) in [7, 11) is 0. The summed E-state index contributed by atoms with van der Waals surface area (Å²) in [6.07, 6.45) is 5.51. The number of halogens is 1. The van der Waals surface area contributed by atoms with E-state index in [1.807, 2.05) is 6.08 Å². The summed E-state index contributed by atoms with van der Waals surface area (Å²) >= 11 is 5.61. The summed E-state index contributed by atoms with van der Waals surface area (Å²) < 4.78 is 5.38. The molecule has 0 saturated carbocycles. The number of nitrogens with zero attached hydrogens (tertiary/aromatic N) is 2. The van der Waals surface area contributed by atoms with Crippen molar-refractivity contribution >= 4 is 11.6 Å². The Bertz CT molecular complexity index is 229. The first-order valence-corrected chi connectivity index (χ1v) is 6.68. The molecule has 0 spiro atoms. The quantitative estimate of drug-likeness (QED) is 0.546. The Morgan fingerprint density at radius 3 is 2.75 bits per heavy atom. The Hall–Kier alpha value is -0.0900. The van der Waals surface area contributed by atoms with Crippen molar-refractivity contribution in [2.45, 2.75) is 12.5 Å². The van der Waals surface area contributed by atoms with E-state index >= 15 is 0 Å². The van der Waals surface area contributed by atoms with Gasteiger partial charge in [0.15, 0.2) is 0 Å². The number of hydrogen-bond acceptors (Lipinski definition) is 3. The molecule has 0 aromatic rings. The minimum Gasteiger partial charge on any atom is -0.379 e. The summed E-state index contributed by atoms with van der Waals surface area (Å²) in [6, 6.07) is 0.744. The highest BCUT2D eigenvalue weighted by atomic mass is 35.5. The molecule has 0 bridgehead atoms. The maximum Gasteiger partial charge on any atom is 0.0594 e. The molecule has 2 saturated heterocycles. The van der Waals surface area contributed by atoms with E-state index in [9.17, 15) is 0 Å². The summed E-state index contributed by atoms with van der Waals surface area (Å²) in [4.78, 5) is 5.08. The molecule has 92 valence electrons. The van der Waals surface area contributed by atoms with Crippen molar-refractivity contribution in [1.82, 2.24) is 9.80 Å². The number of rotatable bonds is 4. The third-order valence-electron chi connectivity index (χ3n) is 3.43. The number of hydrogen-bond donors (Lipinski definition) is 0. The fourth-order valence-corrected chi connectivity index (χ4v) is 2.63. The second kappa shape index (κ2) is 6.60. The minimum atomic E-state index is 0.626. The van der Waals surface area contributed by atoms with Gasteiger partial charge in [0.2, 0.25) is 0 Å². The predicted octanol–water partition coefficient (Wildman–Crippen LogP) is 1.19. The Kier molecular flexibility index (Phi) is 5.10. The normalized spacial score (nSPS) is 29.2. The molecule has 16 heavy (non-hydrogen) atoms. The van der Waals surface area contributed by atoms with Gasteiger partial charge in [0.05, 0.1) is 13.2 Å². The van der Waals surface area contributed by atoms with Crippen molar-refractivity contribution in [3.63, 3.8) is 0 Å². The molecule has 2 aliphatic heterocycles. The van der Waals surface area contributed by atoms with Crippen LogP contribution in [0.5, 0.6) is 0 Å². The van der Waals surface area contributed by atoms with Crippen LogP contribution in [0.25, 0.3) is 0 Å². The van der Waals surface area contributed by atoms with E-state index in [0.717, 1.165) is 38.9 Å². The van der Waals surface area contributed by atoms with Gasteiger partial charge < -0.3 is 4.74 Å². The van der Waals surface area contributed by atoms with Gasteiger partial charge in [-0.1, -0.05) is 12.2 Å². The number of morpholine rings is 1. The van der Waals surface area contributed by atoms with E-state index in [1.165, 1.54) is 19.5 Å². The van der Waals surface area contributed by atoms with E-state index in [-0.39, 0.29) is 0 Å². The SMILES string of the molecule is ClCC=CCN1CCC(N2CCOCC2)C1. The van der Waals surface area contributed by atoms with E-state index < -0.39 is 0 Å². The topological polar surface area (TPSA) is 15.7 Å². The van der Waals surface area contributed by atoms with Gasteiger partial charge in [-0.25, -0.2) is 0 Å². The van der Waals surface area contributed by atoms with E-state index in [4.69, 9.17) is 16.3 Å². The first-order valence-electron chi connectivity index (χ1n) is 6.15. The summed E-state index contributed by atoms with van der Waals surface area (Å²) in [5, 5.41) is 0. The highest BCUT2D eigenvalue weighted by Gasteiger charge is 2.27. The molecular weight excluding hydrogens is 224 g/mol. The highest BCUT2D eigenvalue weighted by molar-refractivity contribution is 6.18. The van der Waals surface area contributed by atoms with Crippen LogP contribution in [-0.4, -0.2) is 67.7 Å². The molecule has 0 aromatic heterocycles. The van der Waals surface area contributed by atoms with Crippen LogP contribution in [0.4, 0.5) is 0 Å². The van der Waals surface area contributed by atoms with Gasteiger partial charge in [-0.2, -0.15) is 0 Å². The first kappa shape index (κ1) is 12.4. The molecule has 4 heteroatoms. The van der Waals surface area contributed by atoms with Gasteiger partial charge in [0, 0.05) is 44.6 Å². The Morgan fingerprint density at radius 1 is 1.19 bits per heavy atom. The number of likely N-dealkylation sites (tertiary alicyclic amines) is 1. The number of allylic oxidation sites excluding steroid dienone is 1.